The smallest absolute Gasteiger partial charge is 0.319 e. The summed E-state index contributed by atoms with van der Waals surface area (Å²) in [5.41, 5.74) is 0. The molecule has 1 N–H and O–H groups in total. The molecule has 1 heterocycles. The second-order valence-electron chi connectivity index (χ2n) is 4.17. The first-order valence-corrected chi connectivity index (χ1v) is 6.03. The number of hydrogen-bond donors (Lipinski definition) is 1. The van der Waals surface area contributed by atoms with Gasteiger partial charge in [-0.3, -0.25) is 19.3 Å². The van der Waals surface area contributed by atoms with E-state index >= 15 is 0 Å². The van der Waals surface area contributed by atoms with Gasteiger partial charge in [0.1, 0.15) is 5.76 Å². The number of methoxy groups -OCH3 is 2. The molecule has 0 spiro atoms. The highest BCUT2D eigenvalue weighted by Crippen LogP contribution is 2.06. The Morgan fingerprint density at radius 3 is 2.19 bits per heavy atom. The van der Waals surface area contributed by atoms with Gasteiger partial charge in [-0.15, -0.1) is 0 Å². The molecule has 0 aliphatic heterocycles. The van der Waals surface area contributed by atoms with Gasteiger partial charge in [0.25, 0.3) is 0 Å². The van der Waals surface area contributed by atoms with Crippen LogP contribution >= 0.6 is 0 Å². The van der Waals surface area contributed by atoms with E-state index in [4.69, 9.17) is 4.52 Å². The van der Waals surface area contributed by atoms with Gasteiger partial charge in [-0.2, -0.15) is 0 Å². The van der Waals surface area contributed by atoms with Crippen LogP contribution in [0.5, 0.6) is 0 Å². The zero-order valence-corrected chi connectivity index (χ0v) is 12.0. The van der Waals surface area contributed by atoms with E-state index < -0.39 is 17.8 Å². The Morgan fingerprint density at radius 1 is 1.19 bits per heavy atom. The van der Waals surface area contributed by atoms with Crippen molar-refractivity contribution >= 4 is 23.7 Å². The van der Waals surface area contributed by atoms with Gasteiger partial charge >= 0.3 is 11.9 Å². The van der Waals surface area contributed by atoms with Crippen LogP contribution in [0.1, 0.15) is 5.76 Å². The maximum Gasteiger partial charge on any atom is 0.319 e. The molecule has 1 rings (SSSR count). The quantitative estimate of drug-likeness (QED) is 0.675. The Labute approximate surface area is 121 Å². The first kappa shape index (κ1) is 16.6. The zero-order chi connectivity index (χ0) is 15.8. The maximum atomic E-state index is 11.8. The van der Waals surface area contributed by atoms with Crippen LogP contribution in [0.3, 0.4) is 0 Å². The van der Waals surface area contributed by atoms with Gasteiger partial charge in [0.15, 0.2) is 5.82 Å². The van der Waals surface area contributed by atoms with E-state index in [1.807, 2.05) is 0 Å². The van der Waals surface area contributed by atoms with E-state index in [-0.39, 0.29) is 25.5 Å². The van der Waals surface area contributed by atoms with Crippen LogP contribution in [0.2, 0.25) is 0 Å². The number of ether oxygens (including phenoxy) is 2. The van der Waals surface area contributed by atoms with E-state index in [0.29, 0.717) is 5.76 Å². The fourth-order valence-corrected chi connectivity index (χ4v) is 1.47. The lowest BCUT2D eigenvalue weighted by Crippen LogP contribution is -2.40. The number of amides is 1. The number of aryl methyl sites for hydroxylation is 1. The van der Waals surface area contributed by atoms with Gasteiger partial charge in [-0.25, -0.2) is 0 Å². The normalized spacial score (nSPS) is 10.3. The Hall–Kier alpha value is -2.42. The van der Waals surface area contributed by atoms with Gasteiger partial charge in [-0.05, 0) is 6.92 Å². The second-order valence-corrected chi connectivity index (χ2v) is 4.17. The molecule has 0 aliphatic rings. The Kier molecular flexibility index (Phi) is 6.34. The summed E-state index contributed by atoms with van der Waals surface area (Å²) in [5.74, 6) is -0.774. The standard InChI is InChI=1S/C12H17N3O6/c1-8-4-9(14-21-8)13-10(16)5-15(6-11(17)19-2)7-12(18)20-3/h4H,5-7H2,1-3H3,(H,13,14,16). The van der Waals surface area contributed by atoms with Gasteiger partial charge in [-0.1, -0.05) is 5.16 Å². The molecule has 0 atom stereocenters. The van der Waals surface area contributed by atoms with Crippen molar-refractivity contribution in [1.29, 1.82) is 0 Å². The molecule has 1 amide bonds. The Bertz CT molecular complexity index is 495. The van der Waals surface area contributed by atoms with Crippen molar-refractivity contribution < 1.29 is 28.4 Å². The summed E-state index contributed by atoms with van der Waals surface area (Å²) >= 11 is 0. The molecule has 0 unspecified atom stereocenters. The molecular weight excluding hydrogens is 282 g/mol. The average Bonchev–Trinajstić information content (AvgIpc) is 2.83. The zero-order valence-electron chi connectivity index (χ0n) is 12.0. The molecule has 0 fully saturated rings. The van der Waals surface area contributed by atoms with Crippen LogP contribution in [0.4, 0.5) is 5.82 Å². The van der Waals surface area contributed by atoms with E-state index in [9.17, 15) is 14.4 Å². The number of nitrogens with one attached hydrogen (secondary N) is 1. The Morgan fingerprint density at radius 2 is 1.76 bits per heavy atom. The molecule has 21 heavy (non-hydrogen) atoms. The van der Waals surface area contributed by atoms with Gasteiger partial charge in [0.05, 0.1) is 33.9 Å². The van der Waals surface area contributed by atoms with Gasteiger partial charge in [0, 0.05) is 6.07 Å². The minimum absolute atomic E-state index is 0.198. The molecule has 0 saturated heterocycles. The van der Waals surface area contributed by atoms with Crippen LogP contribution in [-0.4, -0.2) is 61.8 Å². The summed E-state index contributed by atoms with van der Waals surface area (Å²) in [4.78, 5) is 35.6. The largest absolute Gasteiger partial charge is 0.468 e. The number of nitrogens with zero attached hydrogens (tertiary/aromatic N) is 2. The van der Waals surface area contributed by atoms with Crippen LogP contribution in [0.15, 0.2) is 10.6 Å². The number of esters is 2. The summed E-state index contributed by atoms with van der Waals surface area (Å²) in [6.07, 6.45) is 0. The molecule has 1 aromatic heterocycles. The van der Waals surface area contributed by atoms with Gasteiger partial charge in [0.2, 0.25) is 5.91 Å². The van der Waals surface area contributed by atoms with E-state index in [1.165, 1.54) is 19.1 Å². The SMILES string of the molecule is COC(=O)CN(CC(=O)Nc1cc(C)on1)CC(=O)OC. The number of rotatable bonds is 7. The first-order chi connectivity index (χ1) is 9.94. The Balaban J connectivity index is 2.59. The lowest BCUT2D eigenvalue weighted by atomic mass is 10.4. The summed E-state index contributed by atoms with van der Waals surface area (Å²) in [5, 5.41) is 6.09. The van der Waals surface area contributed by atoms with E-state index in [1.54, 1.807) is 13.0 Å². The highest BCUT2D eigenvalue weighted by molar-refractivity contribution is 5.92. The fourth-order valence-electron chi connectivity index (χ4n) is 1.47. The van der Waals surface area contributed by atoms with Crippen molar-refractivity contribution in [3.63, 3.8) is 0 Å². The van der Waals surface area contributed by atoms with Crippen molar-refractivity contribution in [2.24, 2.45) is 0 Å². The molecular formula is C12H17N3O6. The number of hydrogen-bond acceptors (Lipinski definition) is 8. The lowest BCUT2D eigenvalue weighted by molar-refractivity contribution is -0.145. The molecule has 9 heteroatoms. The predicted molar refractivity (Wildman–Crippen MR) is 70.3 cm³/mol. The van der Waals surface area contributed by atoms with Crippen LogP contribution < -0.4 is 5.32 Å². The number of carbonyl (C=O) groups is 3. The van der Waals surface area contributed by atoms with Crippen molar-refractivity contribution in [3.05, 3.63) is 11.8 Å². The molecule has 1 aromatic rings. The third kappa shape index (κ3) is 6.04. The third-order valence-corrected chi connectivity index (χ3v) is 2.42. The average molecular weight is 299 g/mol. The third-order valence-electron chi connectivity index (χ3n) is 2.42. The highest BCUT2D eigenvalue weighted by atomic mass is 16.5. The molecule has 0 aromatic carbocycles. The summed E-state index contributed by atoms with van der Waals surface area (Å²) in [6, 6.07) is 1.54. The number of aromatic nitrogens is 1. The fraction of sp³-hybridized carbons (Fsp3) is 0.500. The minimum atomic E-state index is -0.566. The molecule has 0 aliphatic carbocycles. The predicted octanol–water partition coefficient (Wildman–Crippen LogP) is -0.430. The van der Waals surface area contributed by atoms with Gasteiger partial charge < -0.3 is 19.3 Å². The monoisotopic (exact) mass is 299 g/mol. The molecule has 116 valence electrons. The summed E-state index contributed by atoms with van der Waals surface area (Å²) in [7, 11) is 2.44. The number of carbonyl (C=O) groups excluding carboxylic acids is 3. The van der Waals surface area contributed by atoms with Crippen molar-refractivity contribution in [3.8, 4) is 0 Å². The molecule has 0 saturated carbocycles. The van der Waals surface area contributed by atoms with Crippen molar-refractivity contribution in [2.75, 3.05) is 39.2 Å². The second kappa shape index (κ2) is 8.00. The molecule has 0 radical (unpaired) electrons. The number of anilines is 1. The van der Waals surface area contributed by atoms with Crippen molar-refractivity contribution in [1.82, 2.24) is 10.1 Å². The van der Waals surface area contributed by atoms with E-state index in [0.717, 1.165) is 0 Å². The van der Waals surface area contributed by atoms with Crippen molar-refractivity contribution in [2.45, 2.75) is 6.92 Å². The summed E-state index contributed by atoms with van der Waals surface area (Å²) in [6.45, 7) is 1.06. The topological polar surface area (TPSA) is 111 Å². The first-order valence-electron chi connectivity index (χ1n) is 6.03. The van der Waals surface area contributed by atoms with Crippen LogP contribution in [-0.2, 0) is 23.9 Å². The highest BCUT2D eigenvalue weighted by Gasteiger charge is 2.19. The minimum Gasteiger partial charge on any atom is -0.468 e. The molecule has 9 nitrogen and oxygen atoms in total. The molecule has 0 bridgehead atoms. The lowest BCUT2D eigenvalue weighted by Gasteiger charge is -2.18. The van der Waals surface area contributed by atoms with Crippen LogP contribution in [0, 0.1) is 6.92 Å². The summed E-state index contributed by atoms with van der Waals surface area (Å²) < 4.78 is 13.8. The van der Waals surface area contributed by atoms with E-state index in [2.05, 4.69) is 19.9 Å². The van der Waals surface area contributed by atoms with Crippen LogP contribution in [0.25, 0.3) is 0 Å². The maximum absolute atomic E-state index is 11.8.